The number of anilines is 2. The van der Waals surface area contributed by atoms with Crippen LogP contribution in [0.2, 0.25) is 0 Å². The third-order valence-electron chi connectivity index (χ3n) is 4.01. The van der Waals surface area contributed by atoms with Crippen molar-refractivity contribution in [2.75, 3.05) is 16.2 Å². The number of rotatable bonds is 5. The van der Waals surface area contributed by atoms with Crippen molar-refractivity contribution in [3.05, 3.63) is 48.2 Å². The minimum Gasteiger partial charge on any atom is -0.311 e. The normalized spacial score (nSPS) is 14.9. The zero-order chi connectivity index (χ0) is 17.2. The van der Waals surface area contributed by atoms with Gasteiger partial charge in [0.15, 0.2) is 0 Å². The van der Waals surface area contributed by atoms with Crippen LogP contribution < -0.4 is 9.62 Å². The molecule has 0 aliphatic carbocycles. The first-order valence-electron chi connectivity index (χ1n) is 7.88. The van der Waals surface area contributed by atoms with Gasteiger partial charge in [0.1, 0.15) is 5.82 Å². The Morgan fingerprint density at radius 3 is 2.62 bits per heavy atom. The van der Waals surface area contributed by atoms with Gasteiger partial charge in [0.05, 0.1) is 16.8 Å². The lowest BCUT2D eigenvalue weighted by atomic mass is 10.2. The van der Waals surface area contributed by atoms with Gasteiger partial charge < -0.3 is 4.90 Å². The van der Waals surface area contributed by atoms with E-state index in [1.165, 1.54) is 6.20 Å². The highest BCUT2D eigenvalue weighted by molar-refractivity contribution is 7.92. The molecule has 7 heteroatoms. The smallest absolute Gasteiger partial charge is 0.263 e. The van der Waals surface area contributed by atoms with Gasteiger partial charge in [-0.05, 0) is 36.6 Å². The Hall–Kier alpha value is -2.41. The molecule has 1 aromatic heterocycles. The summed E-state index contributed by atoms with van der Waals surface area (Å²) in [7, 11) is -3.69. The zero-order valence-corrected chi connectivity index (χ0v) is 14.2. The third kappa shape index (κ3) is 3.26. The molecule has 0 spiro atoms. The molecule has 0 saturated carbocycles. The minimum absolute atomic E-state index is 0.0713. The second kappa shape index (κ2) is 6.60. The first-order chi connectivity index (χ1) is 11.5. The lowest BCUT2D eigenvalue weighted by Gasteiger charge is -2.16. The van der Waals surface area contributed by atoms with Crippen LogP contribution in [0.5, 0.6) is 0 Å². The molecule has 6 nitrogen and oxygen atoms in total. The summed E-state index contributed by atoms with van der Waals surface area (Å²) in [5, 5.41) is 0. The number of aryl methyl sites for hydroxylation is 1. The fourth-order valence-electron chi connectivity index (χ4n) is 2.78. The van der Waals surface area contributed by atoms with E-state index < -0.39 is 10.0 Å². The number of hydrogen-bond donors (Lipinski definition) is 1. The average Bonchev–Trinajstić information content (AvgIpc) is 3.01. The largest absolute Gasteiger partial charge is 0.311 e. The summed E-state index contributed by atoms with van der Waals surface area (Å²) < 4.78 is 27.6. The van der Waals surface area contributed by atoms with Crippen molar-refractivity contribution in [2.24, 2.45) is 0 Å². The van der Waals surface area contributed by atoms with Crippen LogP contribution in [-0.2, 0) is 21.2 Å². The van der Waals surface area contributed by atoms with Crippen molar-refractivity contribution in [1.29, 1.82) is 0 Å². The summed E-state index contributed by atoms with van der Waals surface area (Å²) >= 11 is 0. The molecule has 1 amide bonds. The molecule has 1 saturated heterocycles. The molecule has 1 aliphatic heterocycles. The van der Waals surface area contributed by atoms with Crippen LogP contribution >= 0.6 is 0 Å². The van der Waals surface area contributed by atoms with Crippen molar-refractivity contribution in [2.45, 2.75) is 31.1 Å². The van der Waals surface area contributed by atoms with E-state index in [-0.39, 0.29) is 16.6 Å². The van der Waals surface area contributed by atoms with Crippen LogP contribution in [0, 0.1) is 0 Å². The molecule has 0 unspecified atom stereocenters. The Balaban J connectivity index is 1.81. The molecular formula is C17H19N3O3S. The van der Waals surface area contributed by atoms with Gasteiger partial charge in [-0.3, -0.25) is 9.52 Å². The van der Waals surface area contributed by atoms with Gasteiger partial charge in [0, 0.05) is 13.0 Å². The van der Waals surface area contributed by atoms with Crippen LogP contribution in [-0.4, -0.2) is 25.9 Å². The number of carbonyl (C=O) groups is 1. The number of amides is 1. The highest BCUT2D eigenvalue weighted by Crippen LogP contribution is 2.23. The van der Waals surface area contributed by atoms with Gasteiger partial charge in [-0.15, -0.1) is 0 Å². The molecule has 0 radical (unpaired) electrons. The van der Waals surface area contributed by atoms with E-state index in [1.807, 2.05) is 13.0 Å². The molecule has 0 atom stereocenters. The maximum absolute atomic E-state index is 12.6. The summed E-state index contributed by atoms with van der Waals surface area (Å²) in [5.74, 6) is 0.304. The van der Waals surface area contributed by atoms with Gasteiger partial charge in [-0.1, -0.05) is 25.1 Å². The molecule has 126 valence electrons. The van der Waals surface area contributed by atoms with Gasteiger partial charge in [0.2, 0.25) is 5.91 Å². The lowest BCUT2D eigenvalue weighted by Crippen LogP contribution is -2.24. The fourth-order valence-corrected chi connectivity index (χ4v) is 4.10. The Bertz CT molecular complexity index is 848. The van der Waals surface area contributed by atoms with E-state index in [0.717, 1.165) is 12.0 Å². The summed E-state index contributed by atoms with van der Waals surface area (Å²) in [6, 6.07) is 10.2. The van der Waals surface area contributed by atoms with E-state index in [2.05, 4.69) is 9.71 Å². The van der Waals surface area contributed by atoms with Crippen LogP contribution in [0.3, 0.4) is 0 Å². The molecule has 2 heterocycles. The van der Waals surface area contributed by atoms with Crippen LogP contribution in [0.1, 0.15) is 25.3 Å². The summed E-state index contributed by atoms with van der Waals surface area (Å²) in [5.41, 5.74) is 1.44. The Labute approximate surface area is 141 Å². The van der Waals surface area contributed by atoms with Crippen molar-refractivity contribution < 1.29 is 13.2 Å². The van der Waals surface area contributed by atoms with E-state index in [9.17, 15) is 13.2 Å². The van der Waals surface area contributed by atoms with Crippen molar-refractivity contribution in [3.63, 3.8) is 0 Å². The van der Waals surface area contributed by atoms with Crippen LogP contribution in [0.25, 0.3) is 0 Å². The highest BCUT2D eigenvalue weighted by Gasteiger charge is 2.22. The van der Waals surface area contributed by atoms with E-state index in [0.29, 0.717) is 25.1 Å². The van der Waals surface area contributed by atoms with Gasteiger partial charge in [-0.2, -0.15) is 0 Å². The number of hydrogen-bond acceptors (Lipinski definition) is 4. The molecule has 0 bridgehead atoms. The SMILES string of the molecule is CCc1ccccc1S(=O)(=O)Nc1ccc(N2CCCC2=O)cn1. The molecular weight excluding hydrogens is 326 g/mol. The minimum atomic E-state index is -3.69. The highest BCUT2D eigenvalue weighted by atomic mass is 32.2. The van der Waals surface area contributed by atoms with Gasteiger partial charge in [-0.25, -0.2) is 13.4 Å². The summed E-state index contributed by atoms with van der Waals surface area (Å²) in [6.07, 6.45) is 3.52. The molecule has 1 aromatic carbocycles. The molecule has 3 rings (SSSR count). The number of nitrogens with zero attached hydrogens (tertiary/aromatic N) is 2. The standard InChI is InChI=1S/C17H19N3O3S/c1-2-13-6-3-4-7-15(13)24(22,23)19-16-10-9-14(12-18-16)20-11-5-8-17(20)21/h3-4,6-7,9-10,12H,2,5,8,11H2,1H3,(H,18,19). The van der Waals surface area contributed by atoms with E-state index >= 15 is 0 Å². The third-order valence-corrected chi connectivity index (χ3v) is 5.47. The lowest BCUT2D eigenvalue weighted by molar-refractivity contribution is -0.117. The molecule has 24 heavy (non-hydrogen) atoms. The fraction of sp³-hybridized carbons (Fsp3) is 0.294. The number of benzene rings is 1. The number of nitrogens with one attached hydrogen (secondary N) is 1. The van der Waals surface area contributed by atoms with Gasteiger partial charge in [0.25, 0.3) is 10.0 Å². The zero-order valence-electron chi connectivity index (χ0n) is 13.4. The number of sulfonamides is 1. The monoisotopic (exact) mass is 345 g/mol. The molecule has 2 aromatic rings. The van der Waals surface area contributed by atoms with Crippen molar-refractivity contribution >= 4 is 27.4 Å². The van der Waals surface area contributed by atoms with Crippen molar-refractivity contribution in [3.8, 4) is 0 Å². The predicted octanol–water partition coefficient (Wildman–Crippen LogP) is 2.57. The summed E-state index contributed by atoms with van der Waals surface area (Å²) in [6.45, 7) is 2.59. The second-order valence-electron chi connectivity index (χ2n) is 5.62. The van der Waals surface area contributed by atoms with Crippen LogP contribution in [0.4, 0.5) is 11.5 Å². The molecule has 1 aliphatic rings. The average molecular weight is 345 g/mol. The van der Waals surface area contributed by atoms with Crippen molar-refractivity contribution in [1.82, 2.24) is 4.98 Å². The Morgan fingerprint density at radius 2 is 2.00 bits per heavy atom. The van der Waals surface area contributed by atoms with Crippen LogP contribution in [0.15, 0.2) is 47.5 Å². The number of aromatic nitrogens is 1. The first kappa shape index (κ1) is 16.4. The quantitative estimate of drug-likeness (QED) is 0.903. The Morgan fingerprint density at radius 1 is 1.21 bits per heavy atom. The maximum Gasteiger partial charge on any atom is 0.263 e. The molecule has 1 N–H and O–H groups in total. The molecule has 1 fully saturated rings. The number of carbonyl (C=O) groups excluding carboxylic acids is 1. The van der Waals surface area contributed by atoms with E-state index in [1.54, 1.807) is 35.2 Å². The van der Waals surface area contributed by atoms with E-state index in [4.69, 9.17) is 0 Å². The predicted molar refractivity (Wildman–Crippen MR) is 92.5 cm³/mol. The second-order valence-corrected chi connectivity index (χ2v) is 7.27. The topological polar surface area (TPSA) is 79.4 Å². The number of pyridine rings is 1. The van der Waals surface area contributed by atoms with Gasteiger partial charge >= 0.3 is 0 Å². The summed E-state index contributed by atoms with van der Waals surface area (Å²) in [4.78, 5) is 17.8. The first-order valence-corrected chi connectivity index (χ1v) is 9.37. The maximum atomic E-state index is 12.6. The Kier molecular flexibility index (Phi) is 4.53.